The fourth-order valence-electron chi connectivity index (χ4n) is 3.42. The number of aromatic nitrogens is 1. The number of amides is 1. The van der Waals surface area contributed by atoms with Crippen molar-refractivity contribution >= 4 is 16.8 Å². The Hall–Kier alpha value is -2.59. The van der Waals surface area contributed by atoms with Crippen LogP contribution in [0.5, 0.6) is 0 Å². The smallest absolute Gasteiger partial charge is 0.270 e. The van der Waals surface area contributed by atoms with Crippen molar-refractivity contribution < 1.29 is 4.79 Å². The Labute approximate surface area is 148 Å². The Bertz CT molecular complexity index is 841. The summed E-state index contributed by atoms with van der Waals surface area (Å²) in [5.41, 5.74) is 4.33. The maximum Gasteiger partial charge on any atom is 0.270 e. The van der Waals surface area contributed by atoms with Crippen LogP contribution in [-0.4, -0.2) is 46.9 Å². The molecule has 0 atom stereocenters. The number of benzene rings is 2. The van der Waals surface area contributed by atoms with Crippen molar-refractivity contribution in [2.24, 2.45) is 0 Å². The van der Waals surface area contributed by atoms with E-state index in [4.69, 9.17) is 0 Å². The number of para-hydroxylation sites is 1. The van der Waals surface area contributed by atoms with Gasteiger partial charge >= 0.3 is 0 Å². The number of carbonyl (C=O) groups is 1. The van der Waals surface area contributed by atoms with Gasteiger partial charge in [0, 0.05) is 43.6 Å². The minimum atomic E-state index is 0.103. The zero-order valence-electron chi connectivity index (χ0n) is 14.5. The number of hydrogen-bond acceptors (Lipinski definition) is 2. The lowest BCUT2D eigenvalue weighted by molar-refractivity contribution is 0.0623. The summed E-state index contributed by atoms with van der Waals surface area (Å²) in [6, 6.07) is 18.7. The van der Waals surface area contributed by atoms with Crippen LogP contribution in [0.25, 0.3) is 10.9 Å². The summed E-state index contributed by atoms with van der Waals surface area (Å²) in [5, 5.41) is 1.09. The van der Waals surface area contributed by atoms with Crippen LogP contribution in [0.1, 0.15) is 21.6 Å². The molecule has 0 radical (unpaired) electrons. The summed E-state index contributed by atoms with van der Waals surface area (Å²) in [6.45, 7) is 6.45. The van der Waals surface area contributed by atoms with Gasteiger partial charge in [-0.05, 0) is 24.6 Å². The largest absolute Gasteiger partial charge is 0.351 e. The topological polar surface area (TPSA) is 39.3 Å². The molecule has 25 heavy (non-hydrogen) atoms. The number of nitrogens with zero attached hydrogens (tertiary/aromatic N) is 2. The Kier molecular flexibility index (Phi) is 4.28. The van der Waals surface area contributed by atoms with Crippen LogP contribution in [0.3, 0.4) is 0 Å². The highest BCUT2D eigenvalue weighted by Gasteiger charge is 2.23. The van der Waals surface area contributed by atoms with Gasteiger partial charge in [-0.1, -0.05) is 48.0 Å². The summed E-state index contributed by atoms with van der Waals surface area (Å²) in [5.74, 6) is 0.103. The SMILES string of the molecule is Cc1ccc(CN2CCN(C(=O)c3cc4ccccc4[nH]3)CC2)cc1. The second-order valence-corrected chi connectivity index (χ2v) is 6.82. The first-order valence-corrected chi connectivity index (χ1v) is 8.84. The second kappa shape index (κ2) is 6.73. The molecule has 0 spiro atoms. The van der Waals surface area contributed by atoms with Crippen LogP contribution in [0, 0.1) is 6.92 Å². The average molecular weight is 333 g/mol. The van der Waals surface area contributed by atoms with Gasteiger partial charge in [-0.25, -0.2) is 0 Å². The number of hydrogen-bond donors (Lipinski definition) is 1. The van der Waals surface area contributed by atoms with Crippen molar-refractivity contribution in [3.8, 4) is 0 Å². The number of carbonyl (C=O) groups excluding carboxylic acids is 1. The molecule has 2 aromatic carbocycles. The van der Waals surface area contributed by atoms with Crippen LogP contribution in [0.2, 0.25) is 0 Å². The summed E-state index contributed by atoms with van der Waals surface area (Å²) < 4.78 is 0. The van der Waals surface area contributed by atoms with Gasteiger partial charge < -0.3 is 9.88 Å². The summed E-state index contributed by atoms with van der Waals surface area (Å²) in [4.78, 5) is 20.4. The van der Waals surface area contributed by atoms with Gasteiger partial charge in [-0.2, -0.15) is 0 Å². The molecule has 128 valence electrons. The molecule has 0 unspecified atom stereocenters. The van der Waals surface area contributed by atoms with Gasteiger partial charge in [0.2, 0.25) is 0 Å². The molecule has 1 N–H and O–H groups in total. The highest BCUT2D eigenvalue weighted by Crippen LogP contribution is 2.17. The third kappa shape index (κ3) is 3.44. The van der Waals surface area contributed by atoms with Crippen LogP contribution in [0.15, 0.2) is 54.6 Å². The molecule has 4 rings (SSSR count). The highest BCUT2D eigenvalue weighted by molar-refractivity contribution is 5.98. The molecule has 3 aromatic rings. The van der Waals surface area contributed by atoms with E-state index < -0.39 is 0 Å². The molecule has 4 nitrogen and oxygen atoms in total. The van der Waals surface area contributed by atoms with Crippen molar-refractivity contribution in [2.75, 3.05) is 26.2 Å². The number of nitrogens with one attached hydrogen (secondary N) is 1. The molecule has 1 saturated heterocycles. The second-order valence-electron chi connectivity index (χ2n) is 6.82. The number of aromatic amines is 1. The third-order valence-electron chi connectivity index (χ3n) is 4.95. The summed E-state index contributed by atoms with van der Waals surface area (Å²) in [7, 11) is 0. The van der Waals surface area contributed by atoms with Crippen molar-refractivity contribution in [3.05, 3.63) is 71.4 Å². The zero-order chi connectivity index (χ0) is 17.2. The van der Waals surface area contributed by atoms with Crippen LogP contribution >= 0.6 is 0 Å². The van der Waals surface area contributed by atoms with Crippen molar-refractivity contribution in [1.29, 1.82) is 0 Å². The lowest BCUT2D eigenvalue weighted by Crippen LogP contribution is -2.48. The van der Waals surface area contributed by atoms with Gasteiger partial charge in [0.15, 0.2) is 0 Å². The molecular weight excluding hydrogens is 310 g/mol. The molecular formula is C21H23N3O. The van der Waals surface area contributed by atoms with Crippen molar-refractivity contribution in [2.45, 2.75) is 13.5 Å². The normalized spacial score (nSPS) is 15.6. The summed E-state index contributed by atoms with van der Waals surface area (Å²) in [6.07, 6.45) is 0. The van der Waals surface area contributed by atoms with E-state index in [1.807, 2.05) is 35.2 Å². The van der Waals surface area contributed by atoms with E-state index in [1.165, 1.54) is 11.1 Å². The number of piperazine rings is 1. The standard InChI is InChI=1S/C21H23N3O/c1-16-6-8-17(9-7-16)15-23-10-12-24(13-11-23)21(25)20-14-18-4-2-3-5-19(18)22-20/h2-9,14,22H,10-13,15H2,1H3. The molecule has 1 aromatic heterocycles. The van der Waals surface area contributed by atoms with Crippen LogP contribution in [-0.2, 0) is 6.54 Å². The fraction of sp³-hybridized carbons (Fsp3) is 0.286. The molecule has 1 aliphatic heterocycles. The first-order valence-electron chi connectivity index (χ1n) is 8.84. The van der Waals surface area contributed by atoms with Gasteiger partial charge in [0.05, 0.1) is 0 Å². The molecule has 1 amide bonds. The molecule has 1 aliphatic rings. The Morgan fingerprint density at radius 3 is 2.44 bits per heavy atom. The van der Waals surface area contributed by atoms with E-state index in [0.717, 1.165) is 43.6 Å². The number of H-pyrrole nitrogens is 1. The van der Waals surface area contributed by atoms with E-state index in [2.05, 4.69) is 41.1 Å². The van der Waals surface area contributed by atoms with E-state index in [-0.39, 0.29) is 5.91 Å². The minimum Gasteiger partial charge on any atom is -0.351 e. The molecule has 0 bridgehead atoms. The number of fused-ring (bicyclic) bond motifs is 1. The predicted molar refractivity (Wildman–Crippen MR) is 101 cm³/mol. The van der Waals surface area contributed by atoms with E-state index in [1.54, 1.807) is 0 Å². The first-order chi connectivity index (χ1) is 12.2. The maximum absolute atomic E-state index is 12.7. The number of rotatable bonds is 3. The van der Waals surface area contributed by atoms with Crippen LogP contribution < -0.4 is 0 Å². The number of aryl methyl sites for hydroxylation is 1. The lowest BCUT2D eigenvalue weighted by atomic mass is 10.1. The Morgan fingerprint density at radius 2 is 1.72 bits per heavy atom. The zero-order valence-corrected chi connectivity index (χ0v) is 14.5. The monoisotopic (exact) mass is 333 g/mol. The highest BCUT2D eigenvalue weighted by atomic mass is 16.2. The van der Waals surface area contributed by atoms with Gasteiger partial charge in [0.1, 0.15) is 5.69 Å². The maximum atomic E-state index is 12.7. The summed E-state index contributed by atoms with van der Waals surface area (Å²) >= 11 is 0. The minimum absolute atomic E-state index is 0.103. The Morgan fingerprint density at radius 1 is 1.00 bits per heavy atom. The van der Waals surface area contributed by atoms with Gasteiger partial charge in [-0.3, -0.25) is 9.69 Å². The third-order valence-corrected chi connectivity index (χ3v) is 4.95. The van der Waals surface area contributed by atoms with Gasteiger partial charge in [-0.15, -0.1) is 0 Å². The van der Waals surface area contributed by atoms with E-state index in [9.17, 15) is 4.79 Å². The van der Waals surface area contributed by atoms with Gasteiger partial charge in [0.25, 0.3) is 5.91 Å². The fourth-order valence-corrected chi connectivity index (χ4v) is 3.42. The quantitative estimate of drug-likeness (QED) is 0.797. The molecule has 4 heteroatoms. The van der Waals surface area contributed by atoms with Crippen LogP contribution in [0.4, 0.5) is 0 Å². The predicted octanol–water partition coefficient (Wildman–Crippen LogP) is 3.43. The van der Waals surface area contributed by atoms with Crippen molar-refractivity contribution in [1.82, 2.24) is 14.8 Å². The Balaban J connectivity index is 1.37. The van der Waals surface area contributed by atoms with Crippen molar-refractivity contribution in [3.63, 3.8) is 0 Å². The molecule has 0 saturated carbocycles. The molecule has 0 aliphatic carbocycles. The van der Waals surface area contributed by atoms with E-state index >= 15 is 0 Å². The molecule has 1 fully saturated rings. The van der Waals surface area contributed by atoms with E-state index in [0.29, 0.717) is 5.69 Å². The average Bonchev–Trinajstić information content (AvgIpc) is 3.08. The lowest BCUT2D eigenvalue weighted by Gasteiger charge is -2.34. The molecule has 2 heterocycles. The first kappa shape index (κ1) is 15.9.